The monoisotopic (exact) mass is 469 g/mol. The number of ether oxygens (including phenoxy) is 1. The topological polar surface area (TPSA) is 60.5 Å². The van der Waals surface area contributed by atoms with Gasteiger partial charge in [-0.15, -0.1) is 0 Å². The summed E-state index contributed by atoms with van der Waals surface area (Å²) in [5, 5.41) is 0. The third-order valence-corrected chi connectivity index (χ3v) is 6.12. The van der Waals surface area contributed by atoms with E-state index in [-0.39, 0.29) is 11.7 Å². The van der Waals surface area contributed by atoms with Crippen LogP contribution in [0.25, 0.3) is 0 Å². The molecule has 2 aliphatic rings. The Kier molecular flexibility index (Phi) is 4.58. The van der Waals surface area contributed by atoms with Gasteiger partial charge < -0.3 is 10.5 Å². The Balaban J connectivity index is 1.77. The minimum Gasteiger partial charge on any atom is -0.435 e. The van der Waals surface area contributed by atoms with Gasteiger partial charge in [-0.2, -0.15) is 8.78 Å². The molecular weight excluding hydrogens is 452 g/mol. The molecule has 1 unspecified atom stereocenters. The molecule has 5 rings (SSSR count). The van der Waals surface area contributed by atoms with Crippen molar-refractivity contribution in [2.45, 2.75) is 30.9 Å². The molecule has 1 aliphatic carbocycles. The van der Waals surface area contributed by atoms with E-state index >= 15 is 0 Å². The Hall–Kier alpha value is -2.80. The van der Waals surface area contributed by atoms with Gasteiger partial charge in [-0.25, -0.2) is 4.99 Å². The first kappa shape index (κ1) is 19.2. The maximum absolute atomic E-state index is 12.9. The maximum Gasteiger partial charge on any atom is 0.387 e. The smallest absolute Gasteiger partial charge is 0.387 e. The Labute approximate surface area is 180 Å². The van der Waals surface area contributed by atoms with Crippen LogP contribution in [-0.2, 0) is 5.54 Å². The maximum atomic E-state index is 12.9. The largest absolute Gasteiger partial charge is 0.435 e. The Morgan fingerprint density at radius 1 is 1.07 bits per heavy atom. The van der Waals surface area contributed by atoms with Gasteiger partial charge >= 0.3 is 6.61 Å². The number of halogens is 3. The van der Waals surface area contributed by atoms with E-state index in [0.29, 0.717) is 11.5 Å². The number of hydrogen-bond donors (Lipinski definition) is 1. The fourth-order valence-electron chi connectivity index (χ4n) is 4.21. The fourth-order valence-corrected chi connectivity index (χ4v) is 4.60. The highest BCUT2D eigenvalue weighted by molar-refractivity contribution is 9.10. The molecular formula is C23H18BrF2N3O. The van der Waals surface area contributed by atoms with Crippen molar-refractivity contribution < 1.29 is 13.5 Å². The van der Waals surface area contributed by atoms with Crippen molar-refractivity contribution >= 4 is 21.8 Å². The highest BCUT2D eigenvalue weighted by Gasteiger charge is 2.44. The average molecular weight is 470 g/mol. The molecule has 0 amide bonds. The van der Waals surface area contributed by atoms with E-state index in [9.17, 15) is 8.78 Å². The fraction of sp³-hybridized carbons (Fsp3) is 0.217. The second kappa shape index (κ2) is 7.16. The van der Waals surface area contributed by atoms with Crippen molar-refractivity contribution in [2.24, 2.45) is 10.7 Å². The van der Waals surface area contributed by atoms with Crippen LogP contribution >= 0.6 is 15.9 Å². The summed E-state index contributed by atoms with van der Waals surface area (Å²) in [6.07, 6.45) is 3.60. The summed E-state index contributed by atoms with van der Waals surface area (Å²) in [7, 11) is 0. The van der Waals surface area contributed by atoms with Gasteiger partial charge in [-0.1, -0.05) is 40.2 Å². The molecule has 0 spiro atoms. The van der Waals surface area contributed by atoms with Crippen LogP contribution in [0.2, 0.25) is 0 Å². The molecule has 1 aliphatic heterocycles. The summed E-state index contributed by atoms with van der Waals surface area (Å²) in [5.41, 5.74) is 9.43. The zero-order valence-electron chi connectivity index (χ0n) is 15.9. The average Bonchev–Trinajstić information content (AvgIpc) is 3.53. The normalized spacial score (nSPS) is 20.2. The van der Waals surface area contributed by atoms with Crippen LogP contribution in [0.5, 0.6) is 5.75 Å². The number of amidine groups is 1. The molecule has 0 bridgehead atoms. The van der Waals surface area contributed by atoms with Gasteiger partial charge in [0, 0.05) is 16.2 Å². The first-order valence-corrected chi connectivity index (χ1v) is 10.4. The van der Waals surface area contributed by atoms with Crippen LogP contribution in [0.1, 0.15) is 46.7 Å². The number of alkyl halides is 2. The summed E-state index contributed by atoms with van der Waals surface area (Å²) in [6.45, 7) is -2.86. The number of nitrogens with zero attached hydrogens (tertiary/aromatic N) is 2. The Morgan fingerprint density at radius 3 is 2.60 bits per heavy atom. The molecule has 7 heteroatoms. The van der Waals surface area contributed by atoms with E-state index in [1.165, 1.54) is 0 Å². The van der Waals surface area contributed by atoms with Gasteiger partial charge in [-0.05, 0) is 65.8 Å². The second-order valence-corrected chi connectivity index (χ2v) is 8.44. The lowest BCUT2D eigenvalue weighted by Gasteiger charge is -2.30. The summed E-state index contributed by atoms with van der Waals surface area (Å²) in [6, 6.07) is 17.1. The van der Waals surface area contributed by atoms with E-state index in [1.54, 1.807) is 18.3 Å². The van der Waals surface area contributed by atoms with Crippen LogP contribution in [-0.4, -0.2) is 17.4 Å². The number of aliphatic imine (C=N–C) groups is 1. The lowest BCUT2D eigenvalue weighted by Crippen LogP contribution is -2.26. The molecule has 0 radical (unpaired) electrons. The zero-order valence-corrected chi connectivity index (χ0v) is 17.4. The van der Waals surface area contributed by atoms with Gasteiger partial charge in [-0.3, -0.25) is 4.98 Å². The van der Waals surface area contributed by atoms with E-state index in [2.05, 4.69) is 20.9 Å². The van der Waals surface area contributed by atoms with E-state index in [0.717, 1.165) is 39.6 Å². The van der Waals surface area contributed by atoms with Crippen molar-refractivity contribution in [1.29, 1.82) is 0 Å². The van der Waals surface area contributed by atoms with Crippen LogP contribution in [0.4, 0.5) is 8.78 Å². The number of benzene rings is 2. The van der Waals surface area contributed by atoms with Crippen molar-refractivity contribution in [1.82, 2.24) is 4.98 Å². The summed E-state index contributed by atoms with van der Waals surface area (Å²) in [5.74, 6) is 0.794. The van der Waals surface area contributed by atoms with Crippen LogP contribution in [0.3, 0.4) is 0 Å². The molecule has 1 aromatic heterocycles. The Morgan fingerprint density at radius 2 is 1.87 bits per heavy atom. The lowest BCUT2D eigenvalue weighted by atomic mass is 9.77. The van der Waals surface area contributed by atoms with Crippen LogP contribution in [0.15, 0.2) is 70.3 Å². The summed E-state index contributed by atoms with van der Waals surface area (Å²) >= 11 is 3.55. The Bertz CT molecular complexity index is 1160. The molecule has 3 aromatic rings. The third-order valence-electron chi connectivity index (χ3n) is 5.63. The first-order valence-electron chi connectivity index (χ1n) is 9.65. The first-order chi connectivity index (χ1) is 14.5. The number of aromatic nitrogens is 1. The predicted molar refractivity (Wildman–Crippen MR) is 114 cm³/mol. The van der Waals surface area contributed by atoms with Gasteiger partial charge in [0.25, 0.3) is 0 Å². The van der Waals surface area contributed by atoms with E-state index in [4.69, 9.17) is 15.5 Å². The highest BCUT2D eigenvalue weighted by atomic mass is 79.9. The summed E-state index contributed by atoms with van der Waals surface area (Å²) in [4.78, 5) is 9.35. The number of hydrogen-bond acceptors (Lipinski definition) is 4. The molecule has 30 heavy (non-hydrogen) atoms. The minimum absolute atomic E-state index is 0.217. The molecule has 2 aromatic carbocycles. The van der Waals surface area contributed by atoms with Gasteiger partial charge in [0.1, 0.15) is 22.8 Å². The number of nitrogens with two attached hydrogens (primary N) is 1. The molecule has 1 fully saturated rings. The quantitative estimate of drug-likeness (QED) is 0.548. The summed E-state index contributed by atoms with van der Waals surface area (Å²) < 4.78 is 31.6. The molecule has 2 N–H and O–H groups in total. The highest BCUT2D eigenvalue weighted by Crippen LogP contribution is 2.50. The second-order valence-electron chi connectivity index (χ2n) is 7.52. The molecule has 1 saturated carbocycles. The van der Waals surface area contributed by atoms with Crippen molar-refractivity contribution in [3.8, 4) is 5.75 Å². The van der Waals surface area contributed by atoms with E-state index < -0.39 is 12.2 Å². The number of fused-ring (bicyclic) bond motifs is 1. The standard InChI is InChI=1S/C23H18BrF2N3O/c24-16-4-1-3-14(11-16)23(18-5-2-10-28-20(18)21(27)29-23)15-8-9-19(30-22(25)26)17(12-15)13-6-7-13/h1-5,8-13,22H,6-7H2,(H2,27,29). The van der Waals surface area contributed by atoms with Gasteiger partial charge in [0.2, 0.25) is 0 Å². The van der Waals surface area contributed by atoms with Gasteiger partial charge in [0.15, 0.2) is 0 Å². The predicted octanol–water partition coefficient (Wildman–Crippen LogP) is 5.33. The lowest BCUT2D eigenvalue weighted by molar-refractivity contribution is -0.0504. The molecule has 2 heterocycles. The minimum atomic E-state index is -2.86. The van der Waals surface area contributed by atoms with Crippen molar-refractivity contribution in [3.05, 3.63) is 93.2 Å². The molecule has 152 valence electrons. The van der Waals surface area contributed by atoms with Gasteiger partial charge in [0.05, 0.1) is 0 Å². The number of pyridine rings is 1. The third kappa shape index (κ3) is 3.08. The molecule has 4 nitrogen and oxygen atoms in total. The van der Waals surface area contributed by atoms with Crippen LogP contribution < -0.4 is 10.5 Å². The van der Waals surface area contributed by atoms with Crippen LogP contribution in [0, 0.1) is 0 Å². The zero-order chi connectivity index (χ0) is 20.9. The SMILES string of the molecule is NC1=NC(c2cccc(Br)c2)(c2ccc(OC(F)F)c(C3CC3)c2)c2cccnc21. The molecule has 1 atom stereocenters. The number of rotatable bonds is 5. The molecule has 0 saturated heterocycles. The van der Waals surface area contributed by atoms with Crippen molar-refractivity contribution in [2.75, 3.05) is 0 Å². The van der Waals surface area contributed by atoms with Crippen molar-refractivity contribution in [3.63, 3.8) is 0 Å². The van der Waals surface area contributed by atoms with E-state index in [1.807, 2.05) is 42.5 Å².